The van der Waals surface area contributed by atoms with Crippen LogP contribution in [0.25, 0.3) is 10.8 Å². The minimum absolute atomic E-state index is 0.0927. The molecule has 0 aromatic heterocycles. The molecule has 1 amide bonds. The molecule has 2 aliphatic heterocycles. The lowest BCUT2D eigenvalue weighted by atomic mass is 10.0. The molecule has 2 aromatic rings. The van der Waals surface area contributed by atoms with E-state index in [0.29, 0.717) is 24.1 Å². The number of benzene rings is 2. The van der Waals surface area contributed by atoms with E-state index in [4.69, 9.17) is 16.3 Å². The first kappa shape index (κ1) is 15.9. The van der Waals surface area contributed by atoms with E-state index < -0.39 is 0 Å². The van der Waals surface area contributed by atoms with Crippen molar-refractivity contribution in [3.05, 3.63) is 47.0 Å². The predicted octanol–water partition coefficient (Wildman–Crippen LogP) is 2.90. The quantitative estimate of drug-likeness (QED) is 0.797. The number of nitrogens with zero attached hydrogens (tertiary/aromatic N) is 2. The number of carbonyl (C=O) groups excluding carboxylic acids is 1. The summed E-state index contributed by atoms with van der Waals surface area (Å²) < 4.78 is 5.75. The van der Waals surface area contributed by atoms with E-state index in [-0.39, 0.29) is 11.9 Å². The first-order valence-corrected chi connectivity index (χ1v) is 8.76. The van der Waals surface area contributed by atoms with Crippen LogP contribution in [0.15, 0.2) is 36.4 Å². The van der Waals surface area contributed by atoms with Crippen molar-refractivity contribution in [1.29, 1.82) is 0 Å². The van der Waals surface area contributed by atoms with Gasteiger partial charge in [-0.25, -0.2) is 0 Å². The van der Waals surface area contributed by atoms with Crippen LogP contribution >= 0.6 is 11.6 Å². The Balaban J connectivity index is 1.70. The van der Waals surface area contributed by atoms with Crippen LogP contribution in [0.2, 0.25) is 5.02 Å². The maximum Gasteiger partial charge on any atom is 0.254 e. The molecule has 0 N–H and O–H groups in total. The molecule has 2 heterocycles. The zero-order valence-corrected chi connectivity index (χ0v) is 14.5. The molecule has 2 aromatic carbocycles. The molecule has 0 spiro atoms. The lowest BCUT2D eigenvalue weighted by molar-refractivity contribution is 0.0435. The van der Waals surface area contributed by atoms with Crippen molar-refractivity contribution in [3.63, 3.8) is 0 Å². The third kappa shape index (κ3) is 2.79. The average molecular weight is 345 g/mol. The molecule has 4 rings (SSSR count). The van der Waals surface area contributed by atoms with Crippen molar-refractivity contribution in [3.8, 4) is 0 Å². The Kier molecular flexibility index (Phi) is 4.21. The Morgan fingerprint density at radius 1 is 1.08 bits per heavy atom. The molecule has 0 saturated carbocycles. The molecule has 0 aliphatic carbocycles. The highest BCUT2D eigenvalue weighted by atomic mass is 35.5. The number of halogens is 1. The summed E-state index contributed by atoms with van der Waals surface area (Å²) in [5.41, 5.74) is 0.735. The van der Waals surface area contributed by atoms with Crippen LogP contribution in [0.5, 0.6) is 0 Å². The molecule has 126 valence electrons. The lowest BCUT2D eigenvalue weighted by Crippen LogP contribution is -2.44. The summed E-state index contributed by atoms with van der Waals surface area (Å²) in [6.45, 7) is 3.86. The first-order valence-electron chi connectivity index (χ1n) is 8.38. The summed E-state index contributed by atoms with van der Waals surface area (Å²) in [6, 6.07) is 11.8. The van der Waals surface area contributed by atoms with Crippen LogP contribution in [0.1, 0.15) is 10.4 Å². The highest BCUT2D eigenvalue weighted by Crippen LogP contribution is 2.28. The summed E-state index contributed by atoms with van der Waals surface area (Å²) >= 11 is 6.29. The Morgan fingerprint density at radius 2 is 1.88 bits per heavy atom. The van der Waals surface area contributed by atoms with Gasteiger partial charge in [-0.05, 0) is 24.6 Å². The van der Waals surface area contributed by atoms with Gasteiger partial charge in [0.15, 0.2) is 0 Å². The molecule has 2 saturated heterocycles. The second-order valence-corrected chi connectivity index (χ2v) is 7.25. The van der Waals surface area contributed by atoms with Crippen LogP contribution in [0, 0.1) is 5.92 Å². The summed E-state index contributed by atoms with van der Waals surface area (Å²) in [5, 5.41) is 2.54. The van der Waals surface area contributed by atoms with Crippen LogP contribution < -0.4 is 0 Å². The number of ether oxygens (including phenoxy) is 1. The molecule has 2 fully saturated rings. The van der Waals surface area contributed by atoms with E-state index in [1.807, 2.05) is 41.3 Å². The molecular weight excluding hydrogens is 324 g/mol. The smallest absolute Gasteiger partial charge is 0.254 e. The number of rotatable bonds is 1. The standard InChI is InChI=1S/C19H21ClN2O2/c1-21-8-13-9-22(10-14(21)12-24-11-13)19(23)17-6-2-5-16-15(17)4-3-7-18(16)20/h2-7,13-14H,8-12H2,1H3/t13-,14+/m1/s1. The Labute approximate surface area is 146 Å². The van der Waals surface area contributed by atoms with Crippen molar-refractivity contribution in [2.45, 2.75) is 6.04 Å². The monoisotopic (exact) mass is 344 g/mol. The maximum atomic E-state index is 13.2. The van der Waals surface area contributed by atoms with Gasteiger partial charge in [0.2, 0.25) is 0 Å². The van der Waals surface area contributed by atoms with Crippen LogP contribution in [0.4, 0.5) is 0 Å². The van der Waals surface area contributed by atoms with Gasteiger partial charge in [-0.2, -0.15) is 0 Å². The third-order valence-corrected chi connectivity index (χ3v) is 5.46. The molecule has 2 aliphatic rings. The Morgan fingerprint density at radius 3 is 2.75 bits per heavy atom. The van der Waals surface area contributed by atoms with Crippen molar-refractivity contribution in [1.82, 2.24) is 9.80 Å². The second kappa shape index (κ2) is 6.36. The zero-order valence-electron chi connectivity index (χ0n) is 13.7. The Hall–Kier alpha value is -1.62. The maximum absolute atomic E-state index is 13.2. The van der Waals surface area contributed by atoms with E-state index in [0.717, 1.165) is 36.0 Å². The SMILES string of the molecule is CN1C[C@H]2COC[C@@H]1CN(C(=O)c1cccc3c(Cl)cccc13)C2. The highest BCUT2D eigenvalue weighted by molar-refractivity contribution is 6.36. The normalized spacial score (nSPS) is 24.8. The zero-order chi connectivity index (χ0) is 16.7. The predicted molar refractivity (Wildman–Crippen MR) is 95.6 cm³/mol. The summed E-state index contributed by atoms with van der Waals surface area (Å²) in [4.78, 5) is 17.6. The minimum atomic E-state index is 0.0927. The molecular formula is C19H21ClN2O2. The van der Waals surface area contributed by atoms with Gasteiger partial charge >= 0.3 is 0 Å². The van der Waals surface area contributed by atoms with Crippen molar-refractivity contribution in [2.24, 2.45) is 5.92 Å². The van der Waals surface area contributed by atoms with Crippen LogP contribution in [-0.4, -0.2) is 61.6 Å². The van der Waals surface area contributed by atoms with E-state index in [1.54, 1.807) is 0 Å². The summed E-state index contributed by atoms with van der Waals surface area (Å²) in [5.74, 6) is 0.458. The van der Waals surface area contributed by atoms with Crippen molar-refractivity contribution >= 4 is 28.3 Å². The topological polar surface area (TPSA) is 32.8 Å². The fourth-order valence-corrected chi connectivity index (χ4v) is 4.08. The van der Waals surface area contributed by atoms with E-state index in [1.165, 1.54) is 0 Å². The van der Waals surface area contributed by atoms with Crippen LogP contribution in [0.3, 0.4) is 0 Å². The molecule has 2 bridgehead atoms. The first-order chi connectivity index (χ1) is 11.6. The lowest BCUT2D eigenvalue weighted by Gasteiger charge is -2.30. The largest absolute Gasteiger partial charge is 0.379 e. The number of fused-ring (bicyclic) bond motifs is 4. The molecule has 2 atom stereocenters. The number of hydrogen-bond donors (Lipinski definition) is 0. The summed E-state index contributed by atoms with van der Waals surface area (Å²) in [7, 11) is 2.12. The van der Waals surface area contributed by atoms with Gasteiger partial charge in [-0.3, -0.25) is 9.69 Å². The summed E-state index contributed by atoms with van der Waals surface area (Å²) in [6.07, 6.45) is 0. The number of amides is 1. The van der Waals surface area contributed by atoms with E-state index in [2.05, 4.69) is 11.9 Å². The molecule has 24 heavy (non-hydrogen) atoms. The molecule has 0 radical (unpaired) electrons. The van der Waals surface area contributed by atoms with Gasteiger partial charge in [0.1, 0.15) is 0 Å². The van der Waals surface area contributed by atoms with Gasteiger partial charge in [0, 0.05) is 41.5 Å². The fourth-order valence-electron chi connectivity index (χ4n) is 3.84. The van der Waals surface area contributed by atoms with Gasteiger partial charge in [0.05, 0.1) is 19.3 Å². The molecule has 4 nitrogen and oxygen atoms in total. The molecule has 5 heteroatoms. The second-order valence-electron chi connectivity index (χ2n) is 6.85. The molecule has 0 unspecified atom stereocenters. The fraction of sp³-hybridized carbons (Fsp3) is 0.421. The van der Waals surface area contributed by atoms with Crippen molar-refractivity contribution in [2.75, 3.05) is 39.9 Å². The van der Waals surface area contributed by atoms with Gasteiger partial charge in [-0.1, -0.05) is 35.9 Å². The van der Waals surface area contributed by atoms with Crippen LogP contribution in [-0.2, 0) is 4.74 Å². The van der Waals surface area contributed by atoms with E-state index >= 15 is 0 Å². The van der Waals surface area contributed by atoms with Gasteiger partial charge in [-0.15, -0.1) is 0 Å². The van der Waals surface area contributed by atoms with E-state index in [9.17, 15) is 4.79 Å². The average Bonchev–Trinajstić information content (AvgIpc) is 2.82. The Bertz CT molecular complexity index is 779. The highest BCUT2D eigenvalue weighted by Gasteiger charge is 2.33. The van der Waals surface area contributed by atoms with Gasteiger partial charge in [0.25, 0.3) is 5.91 Å². The third-order valence-electron chi connectivity index (χ3n) is 5.13. The number of likely N-dealkylation sites (N-methyl/N-ethyl adjacent to an activating group) is 1. The number of carbonyl (C=O) groups is 1. The van der Waals surface area contributed by atoms with Crippen molar-refractivity contribution < 1.29 is 9.53 Å². The van der Waals surface area contributed by atoms with Gasteiger partial charge < -0.3 is 9.64 Å². The minimum Gasteiger partial charge on any atom is -0.379 e. The number of hydrogen-bond acceptors (Lipinski definition) is 3.